The van der Waals surface area contributed by atoms with Crippen molar-refractivity contribution in [3.63, 3.8) is 0 Å². The molecule has 0 fully saturated rings. The topological polar surface area (TPSA) is 96.9 Å². The smallest absolute Gasteiger partial charge is 0.274 e. The molecule has 0 bridgehead atoms. The van der Waals surface area contributed by atoms with Crippen LogP contribution in [-0.4, -0.2) is 26.8 Å². The third kappa shape index (κ3) is 4.33. The van der Waals surface area contributed by atoms with Gasteiger partial charge in [-0.1, -0.05) is 17.7 Å². The van der Waals surface area contributed by atoms with Gasteiger partial charge in [-0.05, 0) is 41.9 Å². The number of amides is 2. The Morgan fingerprint density at radius 3 is 2.31 bits per heavy atom. The van der Waals surface area contributed by atoms with E-state index in [1.54, 1.807) is 18.2 Å². The summed E-state index contributed by atoms with van der Waals surface area (Å²) in [7, 11) is 0. The Balaban J connectivity index is 1.71. The Kier molecular flexibility index (Phi) is 5.40. The molecule has 0 radical (unpaired) electrons. The summed E-state index contributed by atoms with van der Waals surface area (Å²) in [4.78, 5) is 35.9. The molecule has 130 valence electrons. The number of hydrogen-bond donors (Lipinski definition) is 2. The second kappa shape index (κ2) is 7.90. The predicted octanol–water partition coefficient (Wildman–Crippen LogP) is 3.68. The first-order valence-electron chi connectivity index (χ1n) is 7.34. The van der Waals surface area contributed by atoms with Gasteiger partial charge < -0.3 is 10.6 Å². The van der Waals surface area contributed by atoms with Crippen molar-refractivity contribution in [2.45, 2.75) is 0 Å². The lowest BCUT2D eigenvalue weighted by Gasteiger charge is -2.09. The molecule has 0 aliphatic rings. The van der Waals surface area contributed by atoms with Gasteiger partial charge in [0.15, 0.2) is 0 Å². The van der Waals surface area contributed by atoms with Crippen LogP contribution in [0.5, 0.6) is 0 Å². The van der Waals surface area contributed by atoms with Crippen LogP contribution in [0.2, 0.25) is 10.3 Å². The molecular weight excluding hydrogens is 377 g/mol. The molecule has 0 aliphatic heterocycles. The molecule has 9 heteroatoms. The second-order valence-electron chi connectivity index (χ2n) is 5.06. The molecule has 0 atom stereocenters. The normalized spacial score (nSPS) is 10.2. The van der Waals surface area contributed by atoms with E-state index in [1.807, 2.05) is 0 Å². The zero-order chi connectivity index (χ0) is 18.5. The molecule has 0 unspecified atom stereocenters. The van der Waals surface area contributed by atoms with Crippen molar-refractivity contribution in [3.05, 3.63) is 76.6 Å². The van der Waals surface area contributed by atoms with Gasteiger partial charge in [-0.3, -0.25) is 14.6 Å². The van der Waals surface area contributed by atoms with Crippen molar-refractivity contribution in [3.8, 4) is 0 Å². The standard InChI is InChI=1S/C17H11Cl2N5O2/c18-12-7-10(15(25)23-11-8-21-17(19)22-9-11)4-5-13(12)24-16(26)14-3-1-2-6-20-14/h1-9H,(H,23,25)(H,24,26). The van der Waals surface area contributed by atoms with Gasteiger partial charge in [0.25, 0.3) is 11.8 Å². The monoisotopic (exact) mass is 387 g/mol. The number of nitrogens with one attached hydrogen (secondary N) is 2. The summed E-state index contributed by atoms with van der Waals surface area (Å²) < 4.78 is 0. The molecule has 1 aromatic carbocycles. The Labute approximate surface area is 158 Å². The summed E-state index contributed by atoms with van der Waals surface area (Å²) in [5.74, 6) is -0.802. The number of anilines is 2. The maximum Gasteiger partial charge on any atom is 0.274 e. The largest absolute Gasteiger partial charge is 0.319 e. The zero-order valence-electron chi connectivity index (χ0n) is 13.1. The first-order valence-corrected chi connectivity index (χ1v) is 8.09. The number of carbonyl (C=O) groups is 2. The van der Waals surface area contributed by atoms with Gasteiger partial charge in [0.05, 0.1) is 28.8 Å². The van der Waals surface area contributed by atoms with E-state index < -0.39 is 11.8 Å². The zero-order valence-corrected chi connectivity index (χ0v) is 14.6. The molecule has 26 heavy (non-hydrogen) atoms. The van der Waals surface area contributed by atoms with Gasteiger partial charge in [0.2, 0.25) is 5.28 Å². The van der Waals surface area contributed by atoms with Crippen LogP contribution in [0.25, 0.3) is 0 Å². The third-order valence-corrected chi connectivity index (χ3v) is 3.76. The van der Waals surface area contributed by atoms with Crippen molar-refractivity contribution in [2.24, 2.45) is 0 Å². The fourth-order valence-corrected chi connectivity index (χ4v) is 2.35. The first kappa shape index (κ1) is 17.8. The SMILES string of the molecule is O=C(Nc1cnc(Cl)nc1)c1ccc(NC(=O)c2ccccn2)c(Cl)c1. The van der Waals surface area contributed by atoms with Gasteiger partial charge in [-0.15, -0.1) is 0 Å². The lowest BCUT2D eigenvalue weighted by molar-refractivity contribution is 0.101. The summed E-state index contributed by atoms with van der Waals surface area (Å²) in [5, 5.41) is 5.57. The molecule has 7 nitrogen and oxygen atoms in total. The van der Waals surface area contributed by atoms with Crippen LogP contribution in [0, 0.1) is 0 Å². The molecule has 2 aromatic heterocycles. The molecule has 2 N–H and O–H groups in total. The van der Waals surface area contributed by atoms with Crippen LogP contribution in [-0.2, 0) is 0 Å². The number of carbonyl (C=O) groups excluding carboxylic acids is 2. The number of pyridine rings is 1. The molecule has 0 saturated heterocycles. The van der Waals surface area contributed by atoms with Crippen LogP contribution in [0.3, 0.4) is 0 Å². The Bertz CT molecular complexity index is 949. The minimum Gasteiger partial charge on any atom is -0.319 e. The minimum absolute atomic E-state index is 0.0824. The van der Waals surface area contributed by atoms with E-state index in [0.717, 1.165) is 0 Å². The Morgan fingerprint density at radius 1 is 0.885 bits per heavy atom. The lowest BCUT2D eigenvalue weighted by atomic mass is 10.2. The number of halogens is 2. The summed E-state index contributed by atoms with van der Waals surface area (Å²) >= 11 is 11.8. The van der Waals surface area contributed by atoms with Crippen molar-refractivity contribution >= 4 is 46.4 Å². The van der Waals surface area contributed by atoms with E-state index in [4.69, 9.17) is 23.2 Å². The van der Waals surface area contributed by atoms with Crippen LogP contribution in [0.1, 0.15) is 20.8 Å². The number of aromatic nitrogens is 3. The van der Waals surface area contributed by atoms with Crippen molar-refractivity contribution in [2.75, 3.05) is 10.6 Å². The Morgan fingerprint density at radius 2 is 1.65 bits per heavy atom. The van der Waals surface area contributed by atoms with Gasteiger partial charge >= 0.3 is 0 Å². The van der Waals surface area contributed by atoms with Crippen molar-refractivity contribution in [1.82, 2.24) is 15.0 Å². The van der Waals surface area contributed by atoms with E-state index >= 15 is 0 Å². The van der Waals surface area contributed by atoms with Crippen molar-refractivity contribution < 1.29 is 9.59 Å². The highest BCUT2D eigenvalue weighted by molar-refractivity contribution is 6.34. The maximum absolute atomic E-state index is 12.3. The van der Waals surface area contributed by atoms with Crippen LogP contribution in [0.15, 0.2) is 55.0 Å². The number of rotatable bonds is 4. The molecule has 0 spiro atoms. The average Bonchev–Trinajstić information content (AvgIpc) is 2.66. The van der Waals surface area contributed by atoms with E-state index in [1.165, 1.54) is 36.8 Å². The van der Waals surface area contributed by atoms with Crippen LogP contribution in [0.4, 0.5) is 11.4 Å². The summed E-state index contributed by atoms with van der Waals surface area (Å²) in [6.45, 7) is 0. The molecule has 3 rings (SSSR count). The summed E-state index contributed by atoms with van der Waals surface area (Å²) in [5.41, 5.74) is 1.32. The second-order valence-corrected chi connectivity index (χ2v) is 5.80. The van der Waals surface area contributed by atoms with Crippen LogP contribution < -0.4 is 10.6 Å². The molecule has 0 saturated carbocycles. The van der Waals surface area contributed by atoms with Gasteiger partial charge in [0.1, 0.15) is 5.69 Å². The summed E-state index contributed by atoms with van der Waals surface area (Å²) in [6.07, 6.45) is 4.29. The third-order valence-electron chi connectivity index (χ3n) is 3.26. The average molecular weight is 388 g/mol. The molecule has 0 aliphatic carbocycles. The minimum atomic E-state index is -0.402. The number of benzene rings is 1. The predicted molar refractivity (Wildman–Crippen MR) is 98.6 cm³/mol. The quantitative estimate of drug-likeness (QED) is 0.665. The molecule has 2 heterocycles. The number of hydrogen-bond acceptors (Lipinski definition) is 5. The van der Waals surface area contributed by atoms with E-state index in [-0.39, 0.29) is 16.0 Å². The van der Waals surface area contributed by atoms with Crippen LogP contribution >= 0.6 is 23.2 Å². The lowest BCUT2D eigenvalue weighted by Crippen LogP contribution is -2.15. The van der Waals surface area contributed by atoms with Gasteiger partial charge in [0, 0.05) is 11.8 Å². The highest BCUT2D eigenvalue weighted by Gasteiger charge is 2.13. The summed E-state index contributed by atoms with van der Waals surface area (Å²) in [6, 6.07) is 9.52. The van der Waals surface area contributed by atoms with Crippen molar-refractivity contribution in [1.29, 1.82) is 0 Å². The van der Waals surface area contributed by atoms with Gasteiger partial charge in [-0.25, -0.2) is 9.97 Å². The molecule has 3 aromatic rings. The number of nitrogens with zero attached hydrogens (tertiary/aromatic N) is 3. The van der Waals surface area contributed by atoms with E-state index in [9.17, 15) is 9.59 Å². The highest BCUT2D eigenvalue weighted by Crippen LogP contribution is 2.24. The van der Waals surface area contributed by atoms with E-state index in [2.05, 4.69) is 25.6 Å². The van der Waals surface area contributed by atoms with E-state index in [0.29, 0.717) is 16.9 Å². The molecular formula is C17H11Cl2N5O2. The molecule has 2 amide bonds. The maximum atomic E-state index is 12.3. The van der Waals surface area contributed by atoms with Gasteiger partial charge in [-0.2, -0.15) is 0 Å². The highest BCUT2D eigenvalue weighted by atomic mass is 35.5. The Hall–Kier alpha value is -3.03. The fraction of sp³-hybridized carbons (Fsp3) is 0. The fourth-order valence-electron chi connectivity index (χ4n) is 2.02. The first-order chi connectivity index (χ1) is 12.5.